The molecule has 0 radical (unpaired) electrons. The van der Waals surface area contributed by atoms with Crippen molar-refractivity contribution in [2.75, 3.05) is 5.73 Å². The summed E-state index contributed by atoms with van der Waals surface area (Å²) >= 11 is 0. The zero-order chi connectivity index (χ0) is 11.2. The molecule has 80 valence electrons. The lowest BCUT2D eigenvalue weighted by Gasteiger charge is -2.19. The Balaban J connectivity index is 2.72. The number of benzene rings is 1. The summed E-state index contributed by atoms with van der Waals surface area (Å²) in [7, 11) is 0. The van der Waals surface area contributed by atoms with Crippen molar-refractivity contribution < 1.29 is 9.52 Å². The minimum atomic E-state index is -0.973. The van der Waals surface area contributed by atoms with Crippen molar-refractivity contribution in [3.05, 3.63) is 23.6 Å². The molecule has 0 unspecified atom stereocenters. The third-order valence-electron chi connectivity index (χ3n) is 2.33. The molecule has 0 spiro atoms. The van der Waals surface area contributed by atoms with Crippen LogP contribution in [0.3, 0.4) is 0 Å². The van der Waals surface area contributed by atoms with Crippen LogP contribution in [0.15, 0.2) is 16.5 Å². The number of nitrogens with zero attached hydrogens (tertiary/aromatic N) is 1. The van der Waals surface area contributed by atoms with E-state index in [0.29, 0.717) is 22.7 Å². The largest absolute Gasteiger partial charge is 0.441 e. The first kappa shape index (κ1) is 9.98. The van der Waals surface area contributed by atoms with Crippen LogP contribution in [0.1, 0.15) is 25.3 Å². The Labute approximate surface area is 87.7 Å². The van der Waals surface area contributed by atoms with E-state index in [-0.39, 0.29) is 0 Å². The number of nitrogen functional groups attached to an aromatic ring is 1. The lowest BCUT2D eigenvalue weighted by molar-refractivity contribution is 0.0794. The standard InChI is InChI=1S/C11H14N2O2/c1-6-13-9-5-8(12)7(11(2,3)14)4-10(9)15-6/h4-5,14H,12H2,1-3H3. The molecule has 15 heavy (non-hydrogen) atoms. The predicted molar refractivity (Wildman–Crippen MR) is 58.4 cm³/mol. The molecule has 3 N–H and O–H groups in total. The lowest BCUT2D eigenvalue weighted by atomic mass is 9.96. The number of aryl methyl sites for hydroxylation is 1. The van der Waals surface area contributed by atoms with E-state index in [1.54, 1.807) is 32.9 Å². The quantitative estimate of drug-likeness (QED) is 0.699. The molecule has 0 aliphatic rings. The maximum atomic E-state index is 9.89. The molecule has 0 saturated carbocycles. The molecule has 4 heteroatoms. The van der Waals surface area contributed by atoms with Crippen molar-refractivity contribution in [3.63, 3.8) is 0 Å². The van der Waals surface area contributed by atoms with Crippen LogP contribution in [0.5, 0.6) is 0 Å². The van der Waals surface area contributed by atoms with E-state index in [1.807, 2.05) is 0 Å². The van der Waals surface area contributed by atoms with Gasteiger partial charge in [0.25, 0.3) is 0 Å². The fraction of sp³-hybridized carbons (Fsp3) is 0.364. The van der Waals surface area contributed by atoms with Crippen LogP contribution in [-0.4, -0.2) is 10.1 Å². The van der Waals surface area contributed by atoms with E-state index in [4.69, 9.17) is 10.2 Å². The van der Waals surface area contributed by atoms with Gasteiger partial charge in [-0.05, 0) is 26.0 Å². The van der Waals surface area contributed by atoms with Crippen molar-refractivity contribution in [3.8, 4) is 0 Å². The summed E-state index contributed by atoms with van der Waals surface area (Å²) < 4.78 is 5.38. The molecule has 1 aromatic carbocycles. The minimum Gasteiger partial charge on any atom is -0.441 e. The molecule has 0 fully saturated rings. The van der Waals surface area contributed by atoms with Gasteiger partial charge in [0.1, 0.15) is 5.52 Å². The van der Waals surface area contributed by atoms with Crippen molar-refractivity contribution >= 4 is 16.8 Å². The molecule has 0 aliphatic heterocycles. The number of aliphatic hydroxyl groups is 1. The highest BCUT2D eigenvalue weighted by molar-refractivity contribution is 5.79. The molecule has 2 rings (SSSR count). The Morgan fingerprint density at radius 2 is 2.07 bits per heavy atom. The first-order valence-electron chi connectivity index (χ1n) is 4.77. The third kappa shape index (κ3) is 1.68. The monoisotopic (exact) mass is 206 g/mol. The van der Waals surface area contributed by atoms with Crippen LogP contribution in [0.25, 0.3) is 11.1 Å². The molecule has 1 aromatic heterocycles. The molecular weight excluding hydrogens is 192 g/mol. The minimum absolute atomic E-state index is 0.531. The molecule has 4 nitrogen and oxygen atoms in total. The SMILES string of the molecule is Cc1nc2cc(N)c(C(C)(C)O)cc2o1. The summed E-state index contributed by atoms with van der Waals surface area (Å²) in [6, 6.07) is 3.46. The summed E-state index contributed by atoms with van der Waals surface area (Å²) in [5, 5.41) is 9.89. The lowest BCUT2D eigenvalue weighted by Crippen LogP contribution is -2.17. The first-order valence-corrected chi connectivity index (χ1v) is 4.77. The van der Waals surface area contributed by atoms with E-state index in [1.165, 1.54) is 0 Å². The predicted octanol–water partition coefficient (Wildman–Crippen LogP) is 1.95. The number of aromatic nitrogens is 1. The second kappa shape index (κ2) is 2.97. The second-order valence-corrected chi connectivity index (χ2v) is 4.20. The number of fused-ring (bicyclic) bond motifs is 1. The molecule has 0 aliphatic carbocycles. The molecule has 0 amide bonds. The van der Waals surface area contributed by atoms with Gasteiger partial charge >= 0.3 is 0 Å². The van der Waals surface area contributed by atoms with Crippen LogP contribution in [0, 0.1) is 6.92 Å². The number of hydrogen-bond donors (Lipinski definition) is 2. The highest BCUT2D eigenvalue weighted by Gasteiger charge is 2.20. The van der Waals surface area contributed by atoms with Gasteiger partial charge in [-0.1, -0.05) is 0 Å². The average Bonchev–Trinajstić information content (AvgIpc) is 2.40. The van der Waals surface area contributed by atoms with Gasteiger partial charge in [-0.2, -0.15) is 0 Å². The smallest absolute Gasteiger partial charge is 0.192 e. The van der Waals surface area contributed by atoms with Gasteiger partial charge in [-0.15, -0.1) is 0 Å². The summed E-state index contributed by atoms with van der Waals surface area (Å²) in [6.45, 7) is 5.15. The number of hydrogen-bond acceptors (Lipinski definition) is 4. The van der Waals surface area contributed by atoms with Gasteiger partial charge in [0.2, 0.25) is 0 Å². The van der Waals surface area contributed by atoms with Gasteiger partial charge < -0.3 is 15.3 Å². The maximum absolute atomic E-state index is 9.89. The van der Waals surface area contributed by atoms with E-state index in [9.17, 15) is 5.11 Å². The maximum Gasteiger partial charge on any atom is 0.192 e. The topological polar surface area (TPSA) is 72.3 Å². The van der Waals surface area contributed by atoms with Gasteiger partial charge in [0, 0.05) is 18.2 Å². The fourth-order valence-electron chi connectivity index (χ4n) is 1.64. The van der Waals surface area contributed by atoms with Gasteiger partial charge in [-0.3, -0.25) is 0 Å². The Kier molecular flexibility index (Phi) is 1.98. The number of nitrogens with two attached hydrogens (primary N) is 1. The van der Waals surface area contributed by atoms with Crippen LogP contribution < -0.4 is 5.73 Å². The van der Waals surface area contributed by atoms with E-state index < -0.39 is 5.60 Å². The summed E-state index contributed by atoms with van der Waals surface area (Å²) in [5.74, 6) is 0.595. The zero-order valence-electron chi connectivity index (χ0n) is 9.03. The molecule has 1 heterocycles. The summed E-state index contributed by atoms with van der Waals surface area (Å²) in [6.07, 6.45) is 0. The van der Waals surface area contributed by atoms with Gasteiger partial charge in [0.05, 0.1) is 5.60 Å². The summed E-state index contributed by atoms with van der Waals surface area (Å²) in [4.78, 5) is 4.17. The van der Waals surface area contributed by atoms with Crippen molar-refractivity contribution in [1.29, 1.82) is 0 Å². The summed E-state index contributed by atoms with van der Waals surface area (Å²) in [5.41, 5.74) is 7.43. The van der Waals surface area contributed by atoms with Crippen LogP contribution >= 0.6 is 0 Å². The van der Waals surface area contributed by atoms with Gasteiger partial charge in [0.15, 0.2) is 11.5 Å². The molecule has 0 saturated heterocycles. The Bertz CT molecular complexity index is 509. The van der Waals surface area contributed by atoms with Crippen LogP contribution in [-0.2, 0) is 5.60 Å². The molecule has 0 bridgehead atoms. The van der Waals surface area contributed by atoms with Crippen LogP contribution in [0.4, 0.5) is 5.69 Å². The normalized spacial score (nSPS) is 12.3. The number of oxazole rings is 1. The molecule has 2 aromatic rings. The van der Waals surface area contributed by atoms with Crippen molar-refractivity contribution in [2.45, 2.75) is 26.4 Å². The Morgan fingerprint density at radius 1 is 1.40 bits per heavy atom. The van der Waals surface area contributed by atoms with Crippen molar-refractivity contribution in [2.24, 2.45) is 0 Å². The highest BCUT2D eigenvalue weighted by atomic mass is 16.3. The Morgan fingerprint density at radius 3 is 2.67 bits per heavy atom. The van der Waals surface area contributed by atoms with Gasteiger partial charge in [-0.25, -0.2) is 4.98 Å². The van der Waals surface area contributed by atoms with E-state index >= 15 is 0 Å². The second-order valence-electron chi connectivity index (χ2n) is 4.20. The first-order chi connectivity index (χ1) is 6.88. The number of rotatable bonds is 1. The number of anilines is 1. The molecular formula is C11H14N2O2. The molecule has 0 atom stereocenters. The fourth-order valence-corrected chi connectivity index (χ4v) is 1.64. The van der Waals surface area contributed by atoms with Crippen LogP contribution in [0.2, 0.25) is 0 Å². The van der Waals surface area contributed by atoms with Crippen molar-refractivity contribution in [1.82, 2.24) is 4.98 Å². The third-order valence-corrected chi connectivity index (χ3v) is 2.33. The van der Waals surface area contributed by atoms with E-state index in [0.717, 1.165) is 5.52 Å². The highest BCUT2D eigenvalue weighted by Crippen LogP contribution is 2.30. The Hall–Kier alpha value is -1.55. The van der Waals surface area contributed by atoms with E-state index in [2.05, 4.69) is 4.98 Å². The average molecular weight is 206 g/mol. The zero-order valence-corrected chi connectivity index (χ0v) is 9.03.